The van der Waals surface area contributed by atoms with Crippen molar-refractivity contribution in [2.75, 3.05) is 5.32 Å². The van der Waals surface area contributed by atoms with Crippen LogP contribution in [-0.2, 0) is 13.0 Å². The standard InChI is InChI=1S/C25H22F3N5O4/c26-25(27,28)37-21-11-6-19(7-12-21)8-13-22-31-23(17-35-22)36-24(34)30-20-9-4-18(5-10-20)3-1-2-15-33-16-14-29-32-33/h4-14,16-17H,1-3,15H2,(H,30,34). The summed E-state index contributed by atoms with van der Waals surface area (Å²) in [6, 6.07) is 12.7. The summed E-state index contributed by atoms with van der Waals surface area (Å²) in [6.45, 7) is 0.818. The zero-order valence-corrected chi connectivity index (χ0v) is 19.4. The summed E-state index contributed by atoms with van der Waals surface area (Å²) in [5.74, 6) is -0.224. The highest BCUT2D eigenvalue weighted by Crippen LogP contribution is 2.23. The molecule has 2 heterocycles. The lowest BCUT2D eigenvalue weighted by Crippen LogP contribution is -2.16. The van der Waals surface area contributed by atoms with Crippen LogP contribution in [0.2, 0.25) is 0 Å². The second kappa shape index (κ2) is 11.9. The van der Waals surface area contributed by atoms with Crippen LogP contribution < -0.4 is 14.8 Å². The molecule has 0 unspecified atom stereocenters. The van der Waals surface area contributed by atoms with Crippen molar-refractivity contribution in [1.29, 1.82) is 0 Å². The van der Waals surface area contributed by atoms with Crippen molar-refractivity contribution in [1.82, 2.24) is 20.0 Å². The fourth-order valence-corrected chi connectivity index (χ4v) is 3.29. The highest BCUT2D eigenvalue weighted by Gasteiger charge is 2.30. The largest absolute Gasteiger partial charge is 0.573 e. The number of carbonyl (C=O) groups is 1. The van der Waals surface area contributed by atoms with Gasteiger partial charge >= 0.3 is 12.5 Å². The number of anilines is 1. The van der Waals surface area contributed by atoms with Gasteiger partial charge in [-0.15, -0.1) is 18.3 Å². The number of oxazole rings is 1. The molecule has 0 radical (unpaired) electrons. The summed E-state index contributed by atoms with van der Waals surface area (Å²) >= 11 is 0. The quantitative estimate of drug-likeness (QED) is 0.261. The van der Waals surface area contributed by atoms with E-state index in [-0.39, 0.29) is 17.5 Å². The van der Waals surface area contributed by atoms with Gasteiger partial charge in [-0.2, -0.15) is 4.98 Å². The number of rotatable bonds is 10. The summed E-state index contributed by atoms with van der Waals surface area (Å²) in [6.07, 6.45) is 5.11. The van der Waals surface area contributed by atoms with Gasteiger partial charge in [0.2, 0.25) is 5.89 Å². The van der Waals surface area contributed by atoms with E-state index < -0.39 is 12.5 Å². The Morgan fingerprint density at radius 3 is 2.54 bits per heavy atom. The van der Waals surface area contributed by atoms with Gasteiger partial charge < -0.3 is 13.9 Å². The molecule has 0 aliphatic rings. The number of unbranched alkanes of at least 4 members (excludes halogenated alkanes) is 1. The summed E-state index contributed by atoms with van der Waals surface area (Å²) in [5, 5.41) is 10.3. The molecule has 1 N–H and O–H groups in total. The Morgan fingerprint density at radius 1 is 1.05 bits per heavy atom. The Morgan fingerprint density at radius 2 is 1.84 bits per heavy atom. The van der Waals surface area contributed by atoms with E-state index in [0.29, 0.717) is 11.3 Å². The van der Waals surface area contributed by atoms with Gasteiger partial charge in [-0.25, -0.2) is 4.79 Å². The third kappa shape index (κ3) is 8.53. The molecule has 0 atom stereocenters. The van der Waals surface area contributed by atoms with E-state index >= 15 is 0 Å². The molecule has 4 aromatic rings. The predicted molar refractivity (Wildman–Crippen MR) is 128 cm³/mol. The molecule has 0 aliphatic heterocycles. The van der Waals surface area contributed by atoms with Gasteiger partial charge in [0.1, 0.15) is 5.75 Å². The van der Waals surface area contributed by atoms with E-state index in [1.807, 2.05) is 18.3 Å². The van der Waals surface area contributed by atoms with Crippen molar-refractivity contribution in [3.05, 3.63) is 84.2 Å². The SMILES string of the molecule is O=C(Nc1ccc(CCCCn2ccnn2)cc1)Oc1coc(C=Cc2ccc(OC(F)(F)F)cc2)n1. The first-order chi connectivity index (χ1) is 17.8. The highest BCUT2D eigenvalue weighted by atomic mass is 19.4. The van der Waals surface area contributed by atoms with Crippen molar-refractivity contribution < 1.29 is 31.9 Å². The van der Waals surface area contributed by atoms with Crippen molar-refractivity contribution in [3.63, 3.8) is 0 Å². The Balaban J connectivity index is 1.20. The van der Waals surface area contributed by atoms with Crippen LogP contribution >= 0.6 is 0 Å². The van der Waals surface area contributed by atoms with E-state index in [1.54, 1.807) is 29.1 Å². The molecule has 2 aromatic carbocycles. The highest BCUT2D eigenvalue weighted by molar-refractivity contribution is 5.86. The lowest BCUT2D eigenvalue weighted by Gasteiger charge is -2.08. The zero-order chi connectivity index (χ0) is 26.1. The van der Waals surface area contributed by atoms with Crippen LogP contribution in [-0.4, -0.2) is 32.4 Å². The summed E-state index contributed by atoms with van der Waals surface area (Å²) in [7, 11) is 0. The maximum absolute atomic E-state index is 12.2. The number of ether oxygens (including phenoxy) is 2. The normalized spacial score (nSPS) is 11.5. The number of amides is 1. The average Bonchev–Trinajstić information content (AvgIpc) is 3.54. The Labute approximate surface area is 209 Å². The fraction of sp³-hybridized carbons (Fsp3) is 0.200. The number of carbonyl (C=O) groups excluding carboxylic acids is 1. The van der Waals surface area contributed by atoms with Crippen LogP contribution in [0.1, 0.15) is 29.9 Å². The number of alkyl halides is 3. The molecule has 0 aliphatic carbocycles. The van der Waals surface area contributed by atoms with Crippen molar-refractivity contribution in [3.8, 4) is 11.6 Å². The lowest BCUT2D eigenvalue weighted by molar-refractivity contribution is -0.274. The van der Waals surface area contributed by atoms with Gasteiger partial charge in [-0.05, 0) is 60.7 Å². The molecule has 0 saturated carbocycles. The zero-order valence-electron chi connectivity index (χ0n) is 19.4. The number of benzene rings is 2. The number of halogens is 3. The number of nitrogens with zero attached hydrogens (tertiary/aromatic N) is 4. The number of nitrogens with one attached hydrogen (secondary N) is 1. The number of aryl methyl sites for hydroxylation is 2. The number of hydrogen-bond acceptors (Lipinski definition) is 7. The molecule has 0 fully saturated rings. The van der Waals surface area contributed by atoms with Crippen LogP contribution in [0.25, 0.3) is 12.2 Å². The van der Waals surface area contributed by atoms with E-state index in [2.05, 4.69) is 25.3 Å². The Kier molecular flexibility index (Phi) is 8.18. The third-order valence-electron chi connectivity index (χ3n) is 5.01. The first-order valence-electron chi connectivity index (χ1n) is 11.2. The molecule has 0 bridgehead atoms. The molecule has 9 nitrogen and oxygen atoms in total. The smallest absolute Gasteiger partial charge is 0.441 e. The van der Waals surface area contributed by atoms with E-state index in [4.69, 9.17) is 9.15 Å². The van der Waals surface area contributed by atoms with Gasteiger partial charge in [0, 0.05) is 24.5 Å². The topological polar surface area (TPSA) is 104 Å². The maximum Gasteiger partial charge on any atom is 0.573 e. The third-order valence-corrected chi connectivity index (χ3v) is 5.01. The van der Waals surface area contributed by atoms with Gasteiger partial charge in [0.15, 0.2) is 6.26 Å². The first kappa shape index (κ1) is 25.5. The molecule has 2 aromatic heterocycles. The van der Waals surface area contributed by atoms with Crippen LogP contribution in [0.15, 0.2) is 71.6 Å². The number of hydrogen-bond donors (Lipinski definition) is 1. The Hall–Kier alpha value is -4.61. The second-order valence-corrected chi connectivity index (χ2v) is 7.81. The summed E-state index contributed by atoms with van der Waals surface area (Å²) in [5.41, 5.74) is 2.30. The lowest BCUT2D eigenvalue weighted by atomic mass is 10.1. The van der Waals surface area contributed by atoms with Crippen LogP contribution in [0, 0.1) is 0 Å². The average molecular weight is 513 g/mol. The second-order valence-electron chi connectivity index (χ2n) is 7.81. The Bertz CT molecular complexity index is 1300. The molecule has 0 saturated heterocycles. The minimum Gasteiger partial charge on any atom is -0.441 e. The van der Waals surface area contributed by atoms with Gasteiger partial charge in [0.25, 0.3) is 5.88 Å². The molecular formula is C25H22F3N5O4. The fourth-order valence-electron chi connectivity index (χ4n) is 3.29. The van der Waals surface area contributed by atoms with Gasteiger partial charge in [0.05, 0.1) is 6.20 Å². The molecule has 192 valence electrons. The molecule has 1 amide bonds. The molecule has 0 spiro atoms. The monoisotopic (exact) mass is 513 g/mol. The van der Waals surface area contributed by atoms with Crippen LogP contribution in [0.4, 0.5) is 23.7 Å². The van der Waals surface area contributed by atoms with Gasteiger partial charge in [-0.3, -0.25) is 10.00 Å². The maximum atomic E-state index is 12.2. The van der Waals surface area contributed by atoms with Crippen molar-refractivity contribution >= 4 is 23.9 Å². The van der Waals surface area contributed by atoms with E-state index in [0.717, 1.165) is 31.4 Å². The number of aromatic nitrogens is 4. The summed E-state index contributed by atoms with van der Waals surface area (Å²) in [4.78, 5) is 16.2. The summed E-state index contributed by atoms with van der Waals surface area (Å²) < 4.78 is 52.7. The molecule has 12 heteroatoms. The van der Waals surface area contributed by atoms with Crippen LogP contribution in [0.3, 0.4) is 0 Å². The predicted octanol–water partition coefficient (Wildman–Crippen LogP) is 5.97. The van der Waals surface area contributed by atoms with E-state index in [9.17, 15) is 18.0 Å². The minimum absolute atomic E-state index is 0.0462. The van der Waals surface area contributed by atoms with Gasteiger partial charge in [-0.1, -0.05) is 29.5 Å². The van der Waals surface area contributed by atoms with Crippen LogP contribution in [0.5, 0.6) is 11.6 Å². The molecule has 37 heavy (non-hydrogen) atoms. The van der Waals surface area contributed by atoms with E-state index in [1.165, 1.54) is 36.6 Å². The minimum atomic E-state index is -4.75. The van der Waals surface area contributed by atoms with Crippen molar-refractivity contribution in [2.24, 2.45) is 0 Å². The first-order valence-corrected chi connectivity index (χ1v) is 11.2. The molecule has 4 rings (SSSR count). The molecular weight excluding hydrogens is 491 g/mol. The van der Waals surface area contributed by atoms with Crippen molar-refractivity contribution in [2.45, 2.75) is 32.2 Å².